The van der Waals surface area contributed by atoms with Gasteiger partial charge in [0.15, 0.2) is 0 Å². The molecule has 0 unspecified atom stereocenters. The first-order valence-electron chi connectivity index (χ1n) is 12.0. The molecule has 2 heterocycles. The summed E-state index contributed by atoms with van der Waals surface area (Å²) in [5.74, 6) is 1.37. The number of hydrogen-bond donors (Lipinski definition) is 0. The van der Waals surface area contributed by atoms with Crippen LogP contribution in [0.3, 0.4) is 0 Å². The molecule has 0 bridgehead atoms. The Bertz CT molecular complexity index is 891. The number of nitrogens with zero attached hydrogens (tertiary/aromatic N) is 2. The van der Waals surface area contributed by atoms with E-state index in [9.17, 15) is 9.59 Å². The van der Waals surface area contributed by atoms with Gasteiger partial charge in [-0.1, -0.05) is 37.3 Å². The van der Waals surface area contributed by atoms with Crippen LogP contribution in [0.1, 0.15) is 60.9 Å². The van der Waals surface area contributed by atoms with Crippen LogP contribution in [-0.4, -0.2) is 54.4 Å². The molecule has 2 aromatic rings. The van der Waals surface area contributed by atoms with Crippen molar-refractivity contribution in [3.05, 3.63) is 65.7 Å². The summed E-state index contributed by atoms with van der Waals surface area (Å²) in [7, 11) is 0. The van der Waals surface area contributed by atoms with E-state index < -0.39 is 0 Å². The molecule has 2 amide bonds. The average molecular weight is 435 g/mol. The summed E-state index contributed by atoms with van der Waals surface area (Å²) < 4.78 is 6.04. The zero-order chi connectivity index (χ0) is 22.3. The Balaban J connectivity index is 1.30. The Hall–Kier alpha value is -2.82. The number of benzene rings is 2. The fraction of sp³-hybridized carbons (Fsp3) is 0.481. The summed E-state index contributed by atoms with van der Waals surface area (Å²) in [6.07, 6.45) is 5.07. The van der Waals surface area contributed by atoms with E-state index in [2.05, 4.69) is 19.1 Å². The maximum Gasteiger partial charge on any atom is 0.253 e. The zero-order valence-corrected chi connectivity index (χ0v) is 19.0. The fourth-order valence-corrected chi connectivity index (χ4v) is 4.87. The van der Waals surface area contributed by atoms with Crippen LogP contribution in [0.4, 0.5) is 0 Å². The van der Waals surface area contributed by atoms with Gasteiger partial charge in [0.05, 0.1) is 12.5 Å². The Morgan fingerprint density at radius 2 is 1.62 bits per heavy atom. The molecule has 0 aromatic heterocycles. The first-order chi connectivity index (χ1) is 15.7. The Kier molecular flexibility index (Phi) is 7.46. The van der Waals surface area contributed by atoms with Gasteiger partial charge in [0.1, 0.15) is 5.75 Å². The van der Waals surface area contributed by atoms with E-state index in [4.69, 9.17) is 4.74 Å². The summed E-state index contributed by atoms with van der Waals surface area (Å²) in [5, 5.41) is 0. The number of carbonyl (C=O) groups excluding carboxylic acids is 2. The molecule has 2 aliphatic rings. The van der Waals surface area contributed by atoms with Crippen LogP contribution in [-0.2, 0) is 4.79 Å². The molecule has 2 saturated heterocycles. The molecular weight excluding hydrogens is 400 g/mol. The Morgan fingerprint density at radius 1 is 0.938 bits per heavy atom. The van der Waals surface area contributed by atoms with Crippen molar-refractivity contribution in [2.24, 2.45) is 5.92 Å². The molecule has 5 heteroatoms. The second-order valence-corrected chi connectivity index (χ2v) is 9.00. The predicted octanol–water partition coefficient (Wildman–Crippen LogP) is 4.73. The lowest BCUT2D eigenvalue weighted by atomic mass is 9.92. The van der Waals surface area contributed by atoms with E-state index in [0.717, 1.165) is 75.2 Å². The van der Waals surface area contributed by atoms with Gasteiger partial charge in [0.2, 0.25) is 5.91 Å². The van der Waals surface area contributed by atoms with Gasteiger partial charge in [-0.05, 0) is 61.9 Å². The van der Waals surface area contributed by atoms with Gasteiger partial charge in [0, 0.05) is 37.7 Å². The third-order valence-corrected chi connectivity index (χ3v) is 6.72. The number of hydrogen-bond acceptors (Lipinski definition) is 3. The first-order valence-corrected chi connectivity index (χ1v) is 12.0. The molecule has 2 aliphatic heterocycles. The van der Waals surface area contributed by atoms with Crippen LogP contribution in [0, 0.1) is 5.92 Å². The van der Waals surface area contributed by atoms with Gasteiger partial charge < -0.3 is 14.5 Å². The maximum atomic E-state index is 13.2. The highest BCUT2D eigenvalue weighted by Gasteiger charge is 2.29. The number of ether oxygens (including phenoxy) is 1. The number of rotatable bonds is 7. The molecule has 2 atom stereocenters. The van der Waals surface area contributed by atoms with E-state index in [1.54, 1.807) is 0 Å². The maximum absolute atomic E-state index is 13.2. The third kappa shape index (κ3) is 5.32. The minimum Gasteiger partial charge on any atom is -0.493 e. The molecule has 170 valence electrons. The highest BCUT2D eigenvalue weighted by molar-refractivity contribution is 5.94. The monoisotopic (exact) mass is 434 g/mol. The summed E-state index contributed by atoms with van der Waals surface area (Å²) in [5.41, 5.74) is 1.82. The molecule has 2 aromatic carbocycles. The largest absolute Gasteiger partial charge is 0.493 e. The van der Waals surface area contributed by atoms with Crippen molar-refractivity contribution in [2.75, 3.05) is 32.8 Å². The third-order valence-electron chi connectivity index (χ3n) is 6.72. The smallest absolute Gasteiger partial charge is 0.253 e. The van der Waals surface area contributed by atoms with Crippen LogP contribution in [0.5, 0.6) is 5.75 Å². The van der Waals surface area contributed by atoms with E-state index in [-0.39, 0.29) is 17.7 Å². The normalized spacial score (nSPS) is 19.6. The first kappa shape index (κ1) is 22.4. The van der Waals surface area contributed by atoms with Crippen molar-refractivity contribution in [2.45, 2.75) is 44.9 Å². The summed E-state index contributed by atoms with van der Waals surface area (Å²) >= 11 is 0. The number of amides is 2. The molecule has 0 radical (unpaired) electrons. The lowest BCUT2D eigenvalue weighted by molar-refractivity contribution is -0.135. The van der Waals surface area contributed by atoms with Crippen molar-refractivity contribution in [1.82, 2.24) is 9.80 Å². The fourth-order valence-electron chi connectivity index (χ4n) is 4.87. The van der Waals surface area contributed by atoms with Gasteiger partial charge in [0.25, 0.3) is 5.91 Å². The lowest BCUT2D eigenvalue weighted by Gasteiger charge is -2.35. The van der Waals surface area contributed by atoms with E-state index in [1.807, 2.05) is 52.3 Å². The highest BCUT2D eigenvalue weighted by Crippen LogP contribution is 2.26. The van der Waals surface area contributed by atoms with Crippen molar-refractivity contribution in [3.63, 3.8) is 0 Å². The number of carbonyl (C=O) groups is 2. The molecule has 5 nitrogen and oxygen atoms in total. The SMILES string of the molecule is CC[C@@H](C(=O)N1CCC[C@@H](COc2ccc(C(=O)N3CCCC3)cc2)C1)c1ccccc1. The number of likely N-dealkylation sites (tertiary alicyclic amines) is 2. The van der Waals surface area contributed by atoms with E-state index >= 15 is 0 Å². The topological polar surface area (TPSA) is 49.9 Å². The van der Waals surface area contributed by atoms with Crippen LogP contribution in [0.25, 0.3) is 0 Å². The summed E-state index contributed by atoms with van der Waals surface area (Å²) in [6.45, 7) is 5.96. The molecule has 32 heavy (non-hydrogen) atoms. The van der Waals surface area contributed by atoms with Crippen LogP contribution in [0.2, 0.25) is 0 Å². The molecule has 0 aliphatic carbocycles. The molecule has 4 rings (SSSR count). The van der Waals surface area contributed by atoms with Crippen molar-refractivity contribution >= 4 is 11.8 Å². The minimum atomic E-state index is -0.0726. The second kappa shape index (κ2) is 10.7. The van der Waals surface area contributed by atoms with E-state index in [0.29, 0.717) is 12.5 Å². The highest BCUT2D eigenvalue weighted by atomic mass is 16.5. The lowest BCUT2D eigenvalue weighted by Crippen LogP contribution is -2.43. The van der Waals surface area contributed by atoms with Gasteiger partial charge >= 0.3 is 0 Å². The molecule has 0 spiro atoms. The minimum absolute atomic E-state index is 0.0726. The van der Waals surface area contributed by atoms with Crippen LogP contribution in [0.15, 0.2) is 54.6 Å². The number of piperidine rings is 1. The second-order valence-electron chi connectivity index (χ2n) is 9.00. The van der Waals surface area contributed by atoms with Crippen LogP contribution < -0.4 is 4.74 Å². The molecular formula is C27H34N2O3. The zero-order valence-electron chi connectivity index (χ0n) is 19.0. The Morgan fingerprint density at radius 3 is 2.31 bits per heavy atom. The van der Waals surface area contributed by atoms with E-state index in [1.165, 1.54) is 0 Å². The van der Waals surface area contributed by atoms with Gasteiger partial charge in [-0.2, -0.15) is 0 Å². The summed E-state index contributed by atoms with van der Waals surface area (Å²) in [4.78, 5) is 29.6. The standard InChI is InChI=1S/C27H34N2O3/c1-2-25(22-10-4-3-5-11-22)27(31)29-18-8-9-21(19-29)20-32-24-14-12-23(13-15-24)26(30)28-16-6-7-17-28/h3-5,10-15,21,25H,2,6-9,16-20H2,1H3/t21-,25-/m1/s1. The van der Waals surface area contributed by atoms with Crippen LogP contribution >= 0.6 is 0 Å². The van der Waals surface area contributed by atoms with Crippen molar-refractivity contribution in [1.29, 1.82) is 0 Å². The van der Waals surface area contributed by atoms with Gasteiger partial charge in [-0.3, -0.25) is 9.59 Å². The Labute approximate surface area is 191 Å². The molecule has 0 saturated carbocycles. The van der Waals surface area contributed by atoms with Crippen molar-refractivity contribution in [3.8, 4) is 5.75 Å². The predicted molar refractivity (Wildman–Crippen MR) is 126 cm³/mol. The molecule has 0 N–H and O–H groups in total. The summed E-state index contributed by atoms with van der Waals surface area (Å²) in [6, 6.07) is 17.6. The van der Waals surface area contributed by atoms with Gasteiger partial charge in [-0.15, -0.1) is 0 Å². The average Bonchev–Trinajstić information content (AvgIpc) is 3.39. The quantitative estimate of drug-likeness (QED) is 0.633. The van der Waals surface area contributed by atoms with Crippen molar-refractivity contribution < 1.29 is 14.3 Å². The van der Waals surface area contributed by atoms with Gasteiger partial charge in [-0.25, -0.2) is 0 Å². The molecule has 2 fully saturated rings.